The smallest absolute Gasteiger partial charge is 0.164 e. The van der Waals surface area contributed by atoms with Crippen LogP contribution >= 0.6 is 0 Å². The topological polar surface area (TPSA) is 57.0 Å². The fourth-order valence-corrected chi connectivity index (χ4v) is 1.34. The van der Waals surface area contributed by atoms with Crippen LogP contribution in [-0.4, -0.2) is 21.1 Å². The molecule has 0 atom stereocenters. The first kappa shape index (κ1) is 11.3. The molecular formula is C11H10FN3O2. The third-order valence-corrected chi connectivity index (χ3v) is 2.26. The molecule has 0 unspecified atom stereocenters. The molecule has 1 aromatic heterocycles. The molecule has 2 aromatic rings. The highest BCUT2D eigenvalue weighted by Gasteiger charge is 2.07. The minimum atomic E-state index is -0.474. The summed E-state index contributed by atoms with van der Waals surface area (Å²) in [6.07, 6.45) is 1.96. The Morgan fingerprint density at radius 2 is 2.35 bits per heavy atom. The third-order valence-electron chi connectivity index (χ3n) is 2.26. The van der Waals surface area contributed by atoms with E-state index in [-0.39, 0.29) is 12.2 Å². The molecule has 1 heterocycles. The number of ether oxygens (including phenoxy) is 1. The predicted octanol–water partition coefficient (Wildman–Crippen LogP) is 1.35. The summed E-state index contributed by atoms with van der Waals surface area (Å²) in [5.74, 6) is 0.466. The number of nitrogens with zero attached hydrogens (tertiary/aromatic N) is 3. The van der Waals surface area contributed by atoms with E-state index in [1.54, 1.807) is 11.7 Å². The zero-order valence-electron chi connectivity index (χ0n) is 9.13. The van der Waals surface area contributed by atoms with E-state index in [0.717, 1.165) is 6.07 Å². The number of hydrogen-bond acceptors (Lipinski definition) is 4. The van der Waals surface area contributed by atoms with Crippen molar-refractivity contribution in [1.29, 1.82) is 0 Å². The summed E-state index contributed by atoms with van der Waals surface area (Å²) in [7, 11) is 1.73. The van der Waals surface area contributed by atoms with Gasteiger partial charge in [-0.1, -0.05) is 0 Å². The first-order valence-electron chi connectivity index (χ1n) is 4.91. The van der Waals surface area contributed by atoms with E-state index in [4.69, 9.17) is 4.74 Å². The quantitative estimate of drug-likeness (QED) is 0.750. The van der Waals surface area contributed by atoms with Crippen LogP contribution in [0.5, 0.6) is 5.75 Å². The maximum absolute atomic E-state index is 12.9. The van der Waals surface area contributed by atoms with E-state index in [1.165, 1.54) is 18.5 Å². The van der Waals surface area contributed by atoms with Crippen molar-refractivity contribution in [3.8, 4) is 5.75 Å². The standard InChI is InChI=1S/C11H10FN3O2/c1-15-11(13-7-14-15)6-17-10-3-2-9(12)4-8(10)5-16/h2-5,7H,6H2,1H3. The lowest BCUT2D eigenvalue weighted by Crippen LogP contribution is -2.05. The highest BCUT2D eigenvalue weighted by molar-refractivity contribution is 5.79. The van der Waals surface area contributed by atoms with Crippen LogP contribution in [0.4, 0.5) is 4.39 Å². The molecule has 88 valence electrons. The number of carbonyl (C=O) groups is 1. The Hall–Kier alpha value is -2.24. The first-order chi connectivity index (χ1) is 8.20. The number of aromatic nitrogens is 3. The van der Waals surface area contributed by atoms with Crippen molar-refractivity contribution in [3.63, 3.8) is 0 Å². The van der Waals surface area contributed by atoms with Crippen molar-refractivity contribution in [3.05, 3.63) is 41.7 Å². The lowest BCUT2D eigenvalue weighted by Gasteiger charge is -2.07. The minimum Gasteiger partial charge on any atom is -0.485 e. The number of hydrogen-bond donors (Lipinski definition) is 0. The second-order valence-electron chi connectivity index (χ2n) is 3.39. The van der Waals surface area contributed by atoms with Gasteiger partial charge in [0.25, 0.3) is 0 Å². The molecule has 17 heavy (non-hydrogen) atoms. The van der Waals surface area contributed by atoms with E-state index in [2.05, 4.69) is 10.1 Å². The van der Waals surface area contributed by atoms with Crippen molar-refractivity contribution in [2.24, 2.45) is 7.05 Å². The molecule has 5 nitrogen and oxygen atoms in total. The van der Waals surface area contributed by atoms with Crippen molar-refractivity contribution in [1.82, 2.24) is 14.8 Å². The summed E-state index contributed by atoms with van der Waals surface area (Å²) in [6, 6.07) is 3.77. The average molecular weight is 235 g/mol. The third kappa shape index (κ3) is 2.47. The molecule has 0 aliphatic rings. The van der Waals surface area contributed by atoms with E-state index < -0.39 is 5.82 Å². The summed E-state index contributed by atoms with van der Waals surface area (Å²) in [6.45, 7) is 0.170. The van der Waals surface area contributed by atoms with Crippen LogP contribution in [0.15, 0.2) is 24.5 Å². The second-order valence-corrected chi connectivity index (χ2v) is 3.39. The van der Waals surface area contributed by atoms with Crippen LogP contribution in [0.3, 0.4) is 0 Å². The van der Waals surface area contributed by atoms with Gasteiger partial charge in [0.05, 0.1) is 5.56 Å². The lowest BCUT2D eigenvalue weighted by molar-refractivity contribution is 0.111. The van der Waals surface area contributed by atoms with Crippen molar-refractivity contribution in [2.45, 2.75) is 6.61 Å². The van der Waals surface area contributed by atoms with Crippen LogP contribution < -0.4 is 4.74 Å². The number of carbonyl (C=O) groups excluding carboxylic acids is 1. The van der Waals surface area contributed by atoms with Crippen molar-refractivity contribution < 1.29 is 13.9 Å². The maximum atomic E-state index is 12.9. The molecule has 0 saturated carbocycles. The van der Waals surface area contributed by atoms with Crippen molar-refractivity contribution in [2.75, 3.05) is 0 Å². The molecule has 1 aromatic carbocycles. The summed E-state index contributed by atoms with van der Waals surface area (Å²) in [5.41, 5.74) is 0.173. The largest absolute Gasteiger partial charge is 0.485 e. The molecular weight excluding hydrogens is 225 g/mol. The Morgan fingerprint density at radius 3 is 3.00 bits per heavy atom. The maximum Gasteiger partial charge on any atom is 0.164 e. The van der Waals surface area contributed by atoms with Gasteiger partial charge in [-0.2, -0.15) is 5.10 Å². The van der Waals surface area contributed by atoms with Gasteiger partial charge in [-0.3, -0.25) is 9.48 Å². The van der Waals surface area contributed by atoms with Gasteiger partial charge in [0.2, 0.25) is 0 Å². The Morgan fingerprint density at radius 1 is 1.53 bits per heavy atom. The normalized spacial score (nSPS) is 10.2. The number of aryl methyl sites for hydroxylation is 1. The molecule has 0 N–H and O–H groups in total. The molecule has 0 amide bonds. The van der Waals surface area contributed by atoms with Crippen LogP contribution in [0.25, 0.3) is 0 Å². The summed E-state index contributed by atoms with van der Waals surface area (Å²) >= 11 is 0. The van der Waals surface area contributed by atoms with Gasteiger partial charge in [0.1, 0.15) is 24.5 Å². The van der Waals surface area contributed by atoms with Crippen LogP contribution in [0.1, 0.15) is 16.2 Å². The monoisotopic (exact) mass is 235 g/mol. The summed E-state index contributed by atoms with van der Waals surface area (Å²) in [5, 5.41) is 3.88. The number of benzene rings is 1. The Bertz CT molecular complexity index is 539. The molecule has 0 fully saturated rings. The highest BCUT2D eigenvalue weighted by atomic mass is 19.1. The Kier molecular flexibility index (Phi) is 3.13. The summed E-state index contributed by atoms with van der Waals surface area (Å²) in [4.78, 5) is 14.7. The molecule has 0 saturated heterocycles. The van der Waals surface area contributed by atoms with Gasteiger partial charge < -0.3 is 4.74 Å². The van der Waals surface area contributed by atoms with Gasteiger partial charge in [-0.15, -0.1) is 0 Å². The molecule has 0 spiro atoms. The minimum absolute atomic E-state index is 0.170. The molecule has 2 rings (SSSR count). The van der Waals surface area contributed by atoms with Gasteiger partial charge >= 0.3 is 0 Å². The Labute approximate surface area is 96.9 Å². The fraction of sp³-hybridized carbons (Fsp3) is 0.182. The number of rotatable bonds is 4. The van der Waals surface area contributed by atoms with E-state index in [0.29, 0.717) is 17.9 Å². The first-order valence-corrected chi connectivity index (χ1v) is 4.91. The predicted molar refractivity (Wildman–Crippen MR) is 57.1 cm³/mol. The van der Waals surface area contributed by atoms with Crippen LogP contribution in [-0.2, 0) is 13.7 Å². The van der Waals surface area contributed by atoms with Gasteiger partial charge in [-0.05, 0) is 18.2 Å². The molecule has 0 radical (unpaired) electrons. The zero-order valence-corrected chi connectivity index (χ0v) is 9.13. The number of halogens is 1. The van der Waals surface area contributed by atoms with E-state index in [9.17, 15) is 9.18 Å². The van der Waals surface area contributed by atoms with Gasteiger partial charge in [0, 0.05) is 7.05 Å². The van der Waals surface area contributed by atoms with Gasteiger partial charge in [-0.25, -0.2) is 9.37 Å². The SMILES string of the molecule is Cn1ncnc1COc1ccc(F)cc1C=O. The van der Waals surface area contributed by atoms with Crippen molar-refractivity contribution >= 4 is 6.29 Å². The summed E-state index contributed by atoms with van der Waals surface area (Å²) < 4.78 is 19.8. The molecule has 0 aliphatic heterocycles. The van der Waals surface area contributed by atoms with E-state index >= 15 is 0 Å². The average Bonchev–Trinajstić information content (AvgIpc) is 2.73. The highest BCUT2D eigenvalue weighted by Crippen LogP contribution is 2.18. The Balaban J connectivity index is 2.14. The zero-order chi connectivity index (χ0) is 12.3. The molecule has 6 heteroatoms. The van der Waals surface area contributed by atoms with Gasteiger partial charge in [0.15, 0.2) is 12.1 Å². The molecule has 0 bridgehead atoms. The fourth-order valence-electron chi connectivity index (χ4n) is 1.34. The lowest BCUT2D eigenvalue weighted by atomic mass is 10.2. The van der Waals surface area contributed by atoms with Crippen LogP contribution in [0.2, 0.25) is 0 Å². The molecule has 0 aliphatic carbocycles. The number of aldehydes is 1. The second kappa shape index (κ2) is 4.73. The van der Waals surface area contributed by atoms with E-state index in [1.807, 2.05) is 0 Å². The van der Waals surface area contributed by atoms with Crippen LogP contribution in [0, 0.1) is 5.82 Å².